The standard InChI is InChI=1S/C15H12ClN3O4S/c1-24(22,23)18-15(21)9-2-4-10(5-3-9)19-13-7-6-11(20)8-12(13)14(16)17-19/h2-8,20H,1H3,(H,18,21). The lowest BCUT2D eigenvalue weighted by Crippen LogP contribution is -2.29. The number of fused-ring (bicyclic) bond motifs is 1. The molecule has 0 saturated heterocycles. The molecule has 0 bridgehead atoms. The molecule has 0 fully saturated rings. The number of aromatic hydroxyl groups is 1. The molecule has 0 spiro atoms. The molecule has 1 aromatic heterocycles. The molecule has 0 aliphatic heterocycles. The van der Waals surface area contributed by atoms with E-state index in [1.807, 2.05) is 4.72 Å². The number of hydrogen-bond donors (Lipinski definition) is 2. The molecule has 0 radical (unpaired) electrons. The number of hydrogen-bond acceptors (Lipinski definition) is 5. The molecule has 124 valence electrons. The predicted octanol–water partition coefficient (Wildman–Crippen LogP) is 2.07. The molecule has 7 nitrogen and oxygen atoms in total. The van der Waals surface area contributed by atoms with Crippen molar-refractivity contribution in [3.8, 4) is 11.4 Å². The number of halogens is 1. The second-order valence-electron chi connectivity index (χ2n) is 5.15. The van der Waals surface area contributed by atoms with Crippen LogP contribution in [0.4, 0.5) is 0 Å². The number of sulfonamides is 1. The molecule has 0 unspecified atom stereocenters. The van der Waals surface area contributed by atoms with E-state index >= 15 is 0 Å². The molecule has 2 N–H and O–H groups in total. The topological polar surface area (TPSA) is 101 Å². The highest BCUT2D eigenvalue weighted by Crippen LogP contribution is 2.28. The predicted molar refractivity (Wildman–Crippen MR) is 90.1 cm³/mol. The number of nitrogens with one attached hydrogen (secondary N) is 1. The lowest BCUT2D eigenvalue weighted by atomic mass is 10.2. The largest absolute Gasteiger partial charge is 0.508 e. The van der Waals surface area contributed by atoms with Crippen LogP contribution < -0.4 is 4.72 Å². The molecule has 3 rings (SSSR count). The van der Waals surface area contributed by atoms with Crippen molar-refractivity contribution in [1.82, 2.24) is 14.5 Å². The van der Waals surface area contributed by atoms with Crippen LogP contribution in [0.3, 0.4) is 0 Å². The third-order valence-electron chi connectivity index (χ3n) is 3.27. The summed E-state index contributed by atoms with van der Waals surface area (Å²) in [6, 6.07) is 10.9. The quantitative estimate of drug-likeness (QED) is 0.740. The average molecular weight is 366 g/mol. The smallest absolute Gasteiger partial charge is 0.264 e. The van der Waals surface area contributed by atoms with E-state index in [4.69, 9.17) is 11.6 Å². The highest BCUT2D eigenvalue weighted by molar-refractivity contribution is 7.89. The highest BCUT2D eigenvalue weighted by atomic mass is 35.5. The molecule has 0 saturated carbocycles. The van der Waals surface area contributed by atoms with Gasteiger partial charge in [-0.1, -0.05) is 11.6 Å². The van der Waals surface area contributed by atoms with Crippen molar-refractivity contribution in [2.75, 3.05) is 6.26 Å². The second-order valence-corrected chi connectivity index (χ2v) is 7.26. The van der Waals surface area contributed by atoms with Crippen LogP contribution in [-0.4, -0.2) is 35.5 Å². The number of rotatable bonds is 3. The Hall–Kier alpha value is -2.58. The first-order valence-corrected chi connectivity index (χ1v) is 9.01. The summed E-state index contributed by atoms with van der Waals surface area (Å²) >= 11 is 6.08. The summed E-state index contributed by atoms with van der Waals surface area (Å²) in [6.45, 7) is 0. The first-order chi connectivity index (χ1) is 11.2. The van der Waals surface area contributed by atoms with Crippen molar-refractivity contribution in [3.05, 3.63) is 53.2 Å². The lowest BCUT2D eigenvalue weighted by molar-refractivity contribution is 0.0981. The van der Waals surface area contributed by atoms with Gasteiger partial charge in [0, 0.05) is 10.9 Å². The van der Waals surface area contributed by atoms with Gasteiger partial charge in [0.25, 0.3) is 5.91 Å². The monoisotopic (exact) mass is 365 g/mol. The third kappa shape index (κ3) is 3.19. The van der Waals surface area contributed by atoms with E-state index in [-0.39, 0.29) is 16.5 Å². The number of carbonyl (C=O) groups excluding carboxylic acids is 1. The fourth-order valence-electron chi connectivity index (χ4n) is 2.25. The number of phenolic OH excluding ortho intramolecular Hbond substituents is 1. The Morgan fingerprint density at radius 3 is 2.50 bits per heavy atom. The SMILES string of the molecule is CS(=O)(=O)NC(=O)c1ccc(-n2nc(Cl)c3cc(O)ccc32)cc1. The highest BCUT2D eigenvalue weighted by Gasteiger charge is 2.13. The van der Waals surface area contributed by atoms with Crippen molar-refractivity contribution in [2.45, 2.75) is 0 Å². The minimum absolute atomic E-state index is 0.0803. The maximum atomic E-state index is 11.8. The number of carbonyl (C=O) groups is 1. The minimum atomic E-state index is -3.62. The fourth-order valence-corrected chi connectivity index (χ4v) is 2.93. The van der Waals surface area contributed by atoms with Gasteiger partial charge in [-0.05, 0) is 42.5 Å². The van der Waals surface area contributed by atoms with Crippen molar-refractivity contribution in [2.24, 2.45) is 0 Å². The molecule has 9 heteroatoms. The zero-order valence-corrected chi connectivity index (χ0v) is 14.0. The summed E-state index contributed by atoms with van der Waals surface area (Å²) in [5.74, 6) is -0.630. The van der Waals surface area contributed by atoms with Crippen LogP contribution in [0.5, 0.6) is 5.75 Å². The number of benzene rings is 2. The van der Waals surface area contributed by atoms with Gasteiger partial charge in [0.15, 0.2) is 5.15 Å². The van der Waals surface area contributed by atoms with Crippen LogP contribution in [0.15, 0.2) is 42.5 Å². The van der Waals surface area contributed by atoms with Crippen LogP contribution in [0.25, 0.3) is 16.6 Å². The number of aromatic nitrogens is 2. The van der Waals surface area contributed by atoms with E-state index in [1.54, 1.807) is 22.9 Å². The number of nitrogens with zero attached hydrogens (tertiary/aromatic N) is 2. The molecule has 2 aromatic carbocycles. The summed E-state index contributed by atoms with van der Waals surface area (Å²) < 4.78 is 25.7. The van der Waals surface area contributed by atoms with E-state index < -0.39 is 15.9 Å². The molecule has 0 aliphatic carbocycles. The second kappa shape index (κ2) is 5.81. The number of phenols is 1. The molecule has 0 aliphatic rings. The van der Waals surface area contributed by atoms with Crippen LogP contribution in [0.2, 0.25) is 5.15 Å². The van der Waals surface area contributed by atoms with Crippen molar-refractivity contribution in [3.63, 3.8) is 0 Å². The van der Waals surface area contributed by atoms with Gasteiger partial charge >= 0.3 is 0 Å². The summed E-state index contributed by atoms with van der Waals surface area (Å²) in [4.78, 5) is 11.8. The van der Waals surface area contributed by atoms with Crippen LogP contribution in [-0.2, 0) is 10.0 Å². The van der Waals surface area contributed by atoms with Crippen molar-refractivity contribution >= 4 is 38.4 Å². The Balaban J connectivity index is 1.99. The zero-order chi connectivity index (χ0) is 17.5. The van der Waals surface area contributed by atoms with Gasteiger partial charge in [0.1, 0.15) is 5.75 Å². The van der Waals surface area contributed by atoms with Crippen molar-refractivity contribution in [1.29, 1.82) is 0 Å². The Labute approximate surface area is 142 Å². The van der Waals surface area contributed by atoms with E-state index in [1.165, 1.54) is 24.3 Å². The Morgan fingerprint density at radius 2 is 1.88 bits per heavy atom. The van der Waals surface area contributed by atoms with E-state index in [2.05, 4.69) is 5.10 Å². The maximum Gasteiger partial charge on any atom is 0.264 e. The van der Waals surface area contributed by atoms with Crippen LogP contribution in [0, 0.1) is 0 Å². The molecule has 1 amide bonds. The minimum Gasteiger partial charge on any atom is -0.508 e. The number of amides is 1. The molecule has 24 heavy (non-hydrogen) atoms. The maximum absolute atomic E-state index is 11.8. The molecular formula is C15H12ClN3O4S. The van der Waals surface area contributed by atoms with Crippen LogP contribution >= 0.6 is 11.6 Å². The molecule has 3 aromatic rings. The molecule has 0 atom stereocenters. The van der Waals surface area contributed by atoms with Gasteiger partial charge in [-0.15, -0.1) is 0 Å². The third-order valence-corrected chi connectivity index (χ3v) is 4.11. The Kier molecular flexibility index (Phi) is 3.94. The molecular weight excluding hydrogens is 354 g/mol. The average Bonchev–Trinajstić information content (AvgIpc) is 2.82. The lowest BCUT2D eigenvalue weighted by Gasteiger charge is -2.06. The van der Waals surface area contributed by atoms with Gasteiger partial charge < -0.3 is 5.11 Å². The van der Waals surface area contributed by atoms with Gasteiger partial charge in [0.05, 0.1) is 17.5 Å². The summed E-state index contributed by atoms with van der Waals surface area (Å²) in [6.07, 6.45) is 0.909. The van der Waals surface area contributed by atoms with E-state index in [0.29, 0.717) is 16.6 Å². The summed E-state index contributed by atoms with van der Waals surface area (Å²) in [5.41, 5.74) is 1.52. The van der Waals surface area contributed by atoms with E-state index in [0.717, 1.165) is 6.26 Å². The molecule has 1 heterocycles. The Morgan fingerprint density at radius 1 is 1.21 bits per heavy atom. The summed E-state index contributed by atoms with van der Waals surface area (Å²) in [7, 11) is -3.62. The van der Waals surface area contributed by atoms with Gasteiger partial charge in [0.2, 0.25) is 10.0 Å². The zero-order valence-electron chi connectivity index (χ0n) is 12.4. The van der Waals surface area contributed by atoms with E-state index in [9.17, 15) is 18.3 Å². The van der Waals surface area contributed by atoms with Gasteiger partial charge in [-0.2, -0.15) is 5.10 Å². The van der Waals surface area contributed by atoms with Crippen molar-refractivity contribution < 1.29 is 18.3 Å². The first kappa shape index (κ1) is 16.3. The van der Waals surface area contributed by atoms with Gasteiger partial charge in [-0.3, -0.25) is 4.79 Å². The first-order valence-electron chi connectivity index (χ1n) is 6.74. The fraction of sp³-hybridized carbons (Fsp3) is 0.0667. The Bertz CT molecular complexity index is 1040. The summed E-state index contributed by atoms with van der Waals surface area (Å²) in [5, 5.41) is 14.6. The van der Waals surface area contributed by atoms with Crippen LogP contribution in [0.1, 0.15) is 10.4 Å². The van der Waals surface area contributed by atoms with Gasteiger partial charge in [-0.25, -0.2) is 17.8 Å². The normalized spacial score (nSPS) is 11.6.